The van der Waals surface area contributed by atoms with Crippen molar-refractivity contribution in [2.45, 2.75) is 38.3 Å². The highest BCUT2D eigenvalue weighted by molar-refractivity contribution is 7.17. The number of aromatic nitrogens is 3. The third-order valence-corrected chi connectivity index (χ3v) is 6.22. The Morgan fingerprint density at radius 3 is 2.92 bits per heavy atom. The van der Waals surface area contributed by atoms with Crippen molar-refractivity contribution < 1.29 is 14.6 Å². The molecule has 0 bridgehead atoms. The number of aryl methyl sites for hydroxylation is 1. The fraction of sp³-hybridized carbons (Fsp3) is 0.556. The van der Waals surface area contributed by atoms with E-state index in [4.69, 9.17) is 4.74 Å². The lowest BCUT2D eigenvalue weighted by atomic mass is 10.1. The molecule has 3 heterocycles. The fourth-order valence-corrected chi connectivity index (χ4v) is 4.90. The molecule has 2 aromatic rings. The maximum atomic E-state index is 13.3. The van der Waals surface area contributed by atoms with Gasteiger partial charge in [0.15, 0.2) is 10.8 Å². The molecule has 1 aliphatic carbocycles. The second-order valence-corrected chi connectivity index (χ2v) is 7.71. The summed E-state index contributed by atoms with van der Waals surface area (Å²) in [6.07, 6.45) is 5.68. The van der Waals surface area contributed by atoms with E-state index in [1.54, 1.807) is 18.5 Å². The van der Waals surface area contributed by atoms with E-state index >= 15 is 0 Å². The number of thiazole rings is 1. The number of amides is 1. The van der Waals surface area contributed by atoms with Gasteiger partial charge in [0.2, 0.25) is 0 Å². The zero-order chi connectivity index (χ0) is 18.1. The van der Waals surface area contributed by atoms with Crippen molar-refractivity contribution in [2.24, 2.45) is 5.92 Å². The SMILES string of the molecule is CCc1nc(-c2ncccn2)sc1C(=O)N1CCO[C@H]2C[C@H](CO)C[C@@H]21. The van der Waals surface area contributed by atoms with Crippen LogP contribution in [0.2, 0.25) is 0 Å². The molecule has 0 spiro atoms. The van der Waals surface area contributed by atoms with E-state index in [0.29, 0.717) is 35.3 Å². The first-order valence-electron chi connectivity index (χ1n) is 9.01. The van der Waals surface area contributed by atoms with Gasteiger partial charge in [0.05, 0.1) is 24.4 Å². The molecule has 0 radical (unpaired) electrons. The summed E-state index contributed by atoms with van der Waals surface area (Å²) in [7, 11) is 0. The maximum Gasteiger partial charge on any atom is 0.266 e. The van der Waals surface area contributed by atoms with Crippen LogP contribution in [0, 0.1) is 5.92 Å². The monoisotopic (exact) mass is 374 g/mol. The molecule has 1 N–H and O–H groups in total. The fourth-order valence-electron chi connectivity index (χ4n) is 3.85. The van der Waals surface area contributed by atoms with Gasteiger partial charge in [-0.15, -0.1) is 11.3 Å². The van der Waals surface area contributed by atoms with Crippen LogP contribution in [0.4, 0.5) is 0 Å². The van der Waals surface area contributed by atoms with Gasteiger partial charge in [-0.25, -0.2) is 15.0 Å². The van der Waals surface area contributed by atoms with Gasteiger partial charge in [-0.05, 0) is 31.2 Å². The summed E-state index contributed by atoms with van der Waals surface area (Å²) in [5.41, 5.74) is 0.794. The molecule has 2 fully saturated rings. The summed E-state index contributed by atoms with van der Waals surface area (Å²) in [4.78, 5) is 29.0. The number of hydrogen-bond donors (Lipinski definition) is 1. The van der Waals surface area contributed by atoms with Gasteiger partial charge < -0.3 is 14.7 Å². The normalized spacial score (nSPS) is 25.3. The largest absolute Gasteiger partial charge is 0.396 e. The number of aliphatic hydroxyl groups excluding tert-OH is 1. The van der Waals surface area contributed by atoms with Gasteiger partial charge in [-0.3, -0.25) is 4.79 Å². The molecular weight excluding hydrogens is 352 g/mol. The molecule has 2 aliphatic rings. The van der Waals surface area contributed by atoms with Gasteiger partial charge in [-0.2, -0.15) is 0 Å². The van der Waals surface area contributed by atoms with Crippen molar-refractivity contribution in [1.82, 2.24) is 19.9 Å². The van der Waals surface area contributed by atoms with Crippen molar-refractivity contribution in [1.29, 1.82) is 0 Å². The first kappa shape index (κ1) is 17.5. The van der Waals surface area contributed by atoms with Crippen molar-refractivity contribution in [2.75, 3.05) is 19.8 Å². The minimum absolute atomic E-state index is 0.0124. The van der Waals surface area contributed by atoms with Crippen molar-refractivity contribution in [3.63, 3.8) is 0 Å². The van der Waals surface area contributed by atoms with E-state index in [2.05, 4.69) is 15.0 Å². The molecular formula is C18H22N4O3S. The van der Waals surface area contributed by atoms with E-state index in [1.165, 1.54) is 11.3 Å². The van der Waals surface area contributed by atoms with Crippen LogP contribution in [0.3, 0.4) is 0 Å². The number of rotatable bonds is 4. The van der Waals surface area contributed by atoms with Crippen LogP contribution in [0.5, 0.6) is 0 Å². The average molecular weight is 374 g/mol. The number of morpholine rings is 1. The Hall–Kier alpha value is -1.90. The predicted octanol–water partition coefficient (Wildman–Crippen LogP) is 1.77. The number of carbonyl (C=O) groups is 1. The summed E-state index contributed by atoms with van der Waals surface area (Å²) < 4.78 is 5.84. The molecule has 8 heteroatoms. The minimum Gasteiger partial charge on any atom is -0.396 e. The van der Waals surface area contributed by atoms with E-state index in [9.17, 15) is 9.90 Å². The van der Waals surface area contributed by atoms with E-state index in [-0.39, 0.29) is 30.6 Å². The molecule has 4 rings (SSSR count). The van der Waals surface area contributed by atoms with Gasteiger partial charge in [0.1, 0.15) is 4.88 Å². The first-order valence-corrected chi connectivity index (χ1v) is 9.83. The second-order valence-electron chi connectivity index (χ2n) is 6.72. The molecule has 3 atom stereocenters. The quantitative estimate of drug-likeness (QED) is 0.878. The number of carbonyl (C=O) groups excluding carboxylic acids is 1. The van der Waals surface area contributed by atoms with Gasteiger partial charge in [0, 0.05) is 25.5 Å². The number of ether oxygens (including phenoxy) is 1. The van der Waals surface area contributed by atoms with E-state index in [1.807, 2.05) is 11.8 Å². The molecule has 26 heavy (non-hydrogen) atoms. The topological polar surface area (TPSA) is 88.4 Å². The molecule has 1 saturated carbocycles. The smallest absolute Gasteiger partial charge is 0.266 e. The molecule has 2 aromatic heterocycles. The van der Waals surface area contributed by atoms with Gasteiger partial charge in [0.25, 0.3) is 5.91 Å². The highest BCUT2D eigenvalue weighted by atomic mass is 32.1. The van der Waals surface area contributed by atoms with E-state index in [0.717, 1.165) is 18.5 Å². The van der Waals surface area contributed by atoms with E-state index < -0.39 is 0 Å². The maximum absolute atomic E-state index is 13.3. The lowest BCUT2D eigenvalue weighted by molar-refractivity contribution is -0.0447. The van der Waals surface area contributed by atoms with Crippen molar-refractivity contribution in [3.05, 3.63) is 29.0 Å². The zero-order valence-electron chi connectivity index (χ0n) is 14.7. The third-order valence-electron chi connectivity index (χ3n) is 5.14. The van der Waals surface area contributed by atoms with Crippen LogP contribution in [0.1, 0.15) is 35.1 Å². The second kappa shape index (κ2) is 7.38. The summed E-state index contributed by atoms with van der Waals surface area (Å²) >= 11 is 1.36. The Morgan fingerprint density at radius 1 is 1.38 bits per heavy atom. The zero-order valence-corrected chi connectivity index (χ0v) is 15.5. The van der Waals surface area contributed by atoms with Crippen LogP contribution in [0.15, 0.2) is 18.5 Å². The molecule has 0 aromatic carbocycles. The Balaban J connectivity index is 1.62. The number of aliphatic hydroxyl groups is 1. The minimum atomic E-state index is 0.0124. The molecule has 7 nitrogen and oxygen atoms in total. The Labute approximate surface area is 156 Å². The summed E-state index contributed by atoms with van der Waals surface area (Å²) in [5.74, 6) is 0.768. The lowest BCUT2D eigenvalue weighted by Crippen LogP contribution is -2.51. The van der Waals surface area contributed by atoms with Gasteiger partial charge >= 0.3 is 0 Å². The molecule has 1 saturated heterocycles. The molecule has 138 valence electrons. The average Bonchev–Trinajstić information content (AvgIpc) is 3.31. The van der Waals surface area contributed by atoms with Crippen molar-refractivity contribution >= 4 is 17.2 Å². The summed E-state index contributed by atoms with van der Waals surface area (Å²) in [6.45, 7) is 3.27. The van der Waals surface area contributed by atoms with Crippen LogP contribution in [0.25, 0.3) is 10.8 Å². The van der Waals surface area contributed by atoms with Gasteiger partial charge in [-0.1, -0.05) is 6.92 Å². The number of hydrogen-bond acceptors (Lipinski definition) is 7. The Bertz CT molecular complexity index is 782. The highest BCUT2D eigenvalue weighted by Gasteiger charge is 2.43. The molecule has 1 amide bonds. The van der Waals surface area contributed by atoms with Crippen LogP contribution >= 0.6 is 11.3 Å². The number of nitrogens with zero attached hydrogens (tertiary/aromatic N) is 4. The Kier molecular flexibility index (Phi) is 4.97. The Morgan fingerprint density at radius 2 is 2.19 bits per heavy atom. The third kappa shape index (κ3) is 3.13. The van der Waals surface area contributed by atoms with Crippen LogP contribution in [-0.2, 0) is 11.2 Å². The standard InChI is InChI=1S/C18H22N4O3S/c1-2-12-15(26-17(21-12)16-19-4-3-5-20-16)18(24)22-6-7-25-14-9-11(10-23)8-13(14)22/h3-5,11,13-14,23H,2,6-10H2,1H3/t11-,13+,14+/m1/s1. The molecule has 0 unspecified atom stereocenters. The summed E-state index contributed by atoms with van der Waals surface area (Å²) in [6, 6.07) is 1.80. The first-order chi connectivity index (χ1) is 12.7. The van der Waals surface area contributed by atoms with Crippen LogP contribution in [-0.4, -0.2) is 62.8 Å². The highest BCUT2D eigenvalue weighted by Crippen LogP contribution is 2.36. The predicted molar refractivity (Wildman–Crippen MR) is 96.9 cm³/mol. The lowest BCUT2D eigenvalue weighted by Gasteiger charge is -2.37. The summed E-state index contributed by atoms with van der Waals surface area (Å²) in [5, 5.41) is 10.2. The number of fused-ring (bicyclic) bond motifs is 1. The van der Waals surface area contributed by atoms with Crippen molar-refractivity contribution in [3.8, 4) is 10.8 Å². The van der Waals surface area contributed by atoms with Crippen LogP contribution < -0.4 is 0 Å². The molecule has 1 aliphatic heterocycles.